The smallest absolute Gasteiger partial charge is 0.489 e. The van der Waals surface area contributed by atoms with Crippen molar-refractivity contribution in [1.82, 2.24) is 4.98 Å². The van der Waals surface area contributed by atoms with Gasteiger partial charge in [0.1, 0.15) is 5.82 Å². The second-order valence-electron chi connectivity index (χ2n) is 4.81. The molecule has 1 aromatic rings. The fraction of sp³-hybridized carbons (Fsp3) is 0.462. The highest BCUT2D eigenvalue weighted by Gasteiger charge is 2.38. The minimum absolute atomic E-state index is 0.183. The molecular weight excluding hydrogens is 335 g/mol. The Labute approximate surface area is 134 Å². The number of nitrogens with one attached hydrogen (secondary N) is 1. The van der Waals surface area contributed by atoms with Crippen LogP contribution in [0.2, 0.25) is 0 Å². The average Bonchev–Trinajstić information content (AvgIpc) is 2.38. The number of rotatable bonds is 4. The number of nitrogens with two attached hydrogens (primary N) is 1. The van der Waals surface area contributed by atoms with Crippen LogP contribution in [0.3, 0.4) is 0 Å². The number of aliphatic carboxylic acids is 1. The third-order valence-electron chi connectivity index (χ3n) is 2.63. The second kappa shape index (κ2) is 8.34. The lowest BCUT2D eigenvalue weighted by Crippen LogP contribution is -2.32. The Bertz CT molecular complexity index is 591. The minimum Gasteiger partial charge on any atom is -0.489 e. The van der Waals surface area contributed by atoms with Crippen LogP contribution in [0.5, 0.6) is 5.75 Å². The SMILES string of the molecule is CC(=O)Nc1cc(N)c(OCC2COC2)cn1.O=C(O)C(F)(F)F. The summed E-state index contributed by atoms with van der Waals surface area (Å²) in [5.74, 6) is -1.55. The summed E-state index contributed by atoms with van der Waals surface area (Å²) in [6.45, 7) is 3.46. The van der Waals surface area contributed by atoms with Gasteiger partial charge in [-0.15, -0.1) is 0 Å². The minimum atomic E-state index is -5.08. The summed E-state index contributed by atoms with van der Waals surface area (Å²) in [6.07, 6.45) is -3.57. The number of halogens is 3. The van der Waals surface area contributed by atoms with Crippen molar-refractivity contribution in [2.75, 3.05) is 30.9 Å². The Kier molecular flexibility index (Phi) is 6.77. The molecule has 1 amide bonds. The monoisotopic (exact) mass is 351 g/mol. The number of carboxylic acids is 1. The van der Waals surface area contributed by atoms with E-state index in [1.54, 1.807) is 6.07 Å². The molecule has 11 heteroatoms. The number of carbonyl (C=O) groups is 2. The lowest BCUT2D eigenvalue weighted by molar-refractivity contribution is -0.192. The van der Waals surface area contributed by atoms with Crippen molar-refractivity contribution in [3.05, 3.63) is 12.3 Å². The number of nitrogens with zero attached hydrogens (tertiary/aromatic N) is 1. The van der Waals surface area contributed by atoms with E-state index < -0.39 is 12.1 Å². The van der Waals surface area contributed by atoms with E-state index in [0.717, 1.165) is 13.2 Å². The van der Waals surface area contributed by atoms with E-state index in [1.165, 1.54) is 13.1 Å². The Morgan fingerprint density at radius 3 is 2.46 bits per heavy atom. The van der Waals surface area contributed by atoms with E-state index in [-0.39, 0.29) is 5.91 Å². The molecular formula is C13H16F3N3O5. The molecule has 0 bridgehead atoms. The van der Waals surface area contributed by atoms with E-state index in [4.69, 9.17) is 25.1 Å². The second-order valence-corrected chi connectivity index (χ2v) is 4.81. The van der Waals surface area contributed by atoms with Crippen LogP contribution in [0.15, 0.2) is 12.3 Å². The molecule has 0 aliphatic carbocycles. The first-order valence-electron chi connectivity index (χ1n) is 6.63. The van der Waals surface area contributed by atoms with E-state index in [0.29, 0.717) is 29.8 Å². The Hall–Kier alpha value is -2.56. The summed E-state index contributed by atoms with van der Waals surface area (Å²) in [7, 11) is 0. The molecule has 1 aliphatic heterocycles. The van der Waals surface area contributed by atoms with Gasteiger partial charge in [0.15, 0.2) is 5.75 Å². The average molecular weight is 351 g/mol. The fourth-order valence-electron chi connectivity index (χ4n) is 1.42. The van der Waals surface area contributed by atoms with Crippen molar-refractivity contribution in [1.29, 1.82) is 0 Å². The summed E-state index contributed by atoms with van der Waals surface area (Å²) in [5.41, 5.74) is 6.26. The normalized spacial score (nSPS) is 14.0. The molecule has 0 atom stereocenters. The van der Waals surface area contributed by atoms with Crippen LogP contribution in [0.1, 0.15) is 6.92 Å². The molecule has 1 fully saturated rings. The van der Waals surface area contributed by atoms with Gasteiger partial charge in [-0.05, 0) is 0 Å². The van der Waals surface area contributed by atoms with Crippen molar-refractivity contribution < 1.29 is 37.3 Å². The lowest BCUT2D eigenvalue weighted by atomic mass is 10.1. The number of nitrogen functional groups attached to an aromatic ring is 1. The molecule has 8 nitrogen and oxygen atoms in total. The fourth-order valence-corrected chi connectivity index (χ4v) is 1.42. The van der Waals surface area contributed by atoms with Crippen LogP contribution in [0.4, 0.5) is 24.7 Å². The maximum atomic E-state index is 10.8. The Balaban J connectivity index is 0.000000351. The molecule has 0 saturated carbocycles. The summed E-state index contributed by atoms with van der Waals surface area (Å²) in [4.78, 5) is 23.8. The van der Waals surface area contributed by atoms with Crippen LogP contribution in [0, 0.1) is 5.92 Å². The third kappa shape index (κ3) is 6.69. The van der Waals surface area contributed by atoms with Gasteiger partial charge in [0, 0.05) is 18.9 Å². The number of hydrogen-bond donors (Lipinski definition) is 3. The zero-order valence-electron chi connectivity index (χ0n) is 12.6. The molecule has 1 aromatic heterocycles. The highest BCUT2D eigenvalue weighted by atomic mass is 19.4. The largest absolute Gasteiger partial charge is 0.490 e. The third-order valence-corrected chi connectivity index (χ3v) is 2.63. The Morgan fingerprint density at radius 2 is 2.08 bits per heavy atom. The van der Waals surface area contributed by atoms with Crippen molar-refractivity contribution in [2.45, 2.75) is 13.1 Å². The predicted octanol–water partition coefficient (Wildman–Crippen LogP) is 1.28. The predicted molar refractivity (Wildman–Crippen MR) is 76.4 cm³/mol. The highest BCUT2D eigenvalue weighted by Crippen LogP contribution is 2.24. The van der Waals surface area contributed by atoms with E-state index >= 15 is 0 Å². The van der Waals surface area contributed by atoms with Crippen LogP contribution >= 0.6 is 0 Å². The number of aromatic nitrogens is 1. The molecule has 1 aliphatic rings. The topological polar surface area (TPSA) is 124 Å². The Morgan fingerprint density at radius 1 is 1.50 bits per heavy atom. The molecule has 2 rings (SSSR count). The highest BCUT2D eigenvalue weighted by molar-refractivity contribution is 5.88. The van der Waals surface area contributed by atoms with Crippen molar-refractivity contribution >= 4 is 23.4 Å². The zero-order chi connectivity index (χ0) is 18.3. The van der Waals surface area contributed by atoms with Gasteiger partial charge < -0.3 is 25.6 Å². The molecule has 4 N–H and O–H groups in total. The molecule has 0 aromatic carbocycles. The number of anilines is 2. The number of carboxylic acid groups (broad SMARTS) is 1. The lowest BCUT2D eigenvalue weighted by Gasteiger charge is -2.25. The molecule has 0 radical (unpaired) electrons. The van der Waals surface area contributed by atoms with Gasteiger partial charge in [0.25, 0.3) is 0 Å². The zero-order valence-corrected chi connectivity index (χ0v) is 12.6. The summed E-state index contributed by atoms with van der Waals surface area (Å²) >= 11 is 0. The first kappa shape index (κ1) is 19.5. The number of amides is 1. The van der Waals surface area contributed by atoms with Crippen LogP contribution < -0.4 is 15.8 Å². The number of pyridine rings is 1. The summed E-state index contributed by atoms with van der Waals surface area (Å²) in [5, 5.41) is 9.68. The van der Waals surface area contributed by atoms with Gasteiger partial charge in [-0.25, -0.2) is 9.78 Å². The number of ether oxygens (including phenoxy) is 2. The first-order chi connectivity index (χ1) is 11.1. The van der Waals surface area contributed by atoms with Crippen LogP contribution in [0.25, 0.3) is 0 Å². The number of carbonyl (C=O) groups excluding carboxylic acids is 1. The van der Waals surface area contributed by atoms with Gasteiger partial charge in [-0.3, -0.25) is 4.79 Å². The molecule has 2 heterocycles. The van der Waals surface area contributed by atoms with Gasteiger partial charge >= 0.3 is 12.1 Å². The maximum Gasteiger partial charge on any atom is 0.490 e. The summed E-state index contributed by atoms with van der Waals surface area (Å²) < 4.78 is 42.3. The van der Waals surface area contributed by atoms with Crippen molar-refractivity contribution in [3.8, 4) is 5.75 Å². The van der Waals surface area contributed by atoms with Gasteiger partial charge in [-0.1, -0.05) is 0 Å². The van der Waals surface area contributed by atoms with E-state index in [9.17, 15) is 18.0 Å². The van der Waals surface area contributed by atoms with E-state index in [1.807, 2.05) is 0 Å². The van der Waals surface area contributed by atoms with Gasteiger partial charge in [0.2, 0.25) is 5.91 Å². The molecule has 1 saturated heterocycles. The molecule has 0 unspecified atom stereocenters. The molecule has 0 spiro atoms. The van der Waals surface area contributed by atoms with Crippen LogP contribution in [-0.2, 0) is 14.3 Å². The molecule has 24 heavy (non-hydrogen) atoms. The number of alkyl halides is 3. The van der Waals surface area contributed by atoms with E-state index in [2.05, 4.69) is 10.3 Å². The number of hydrogen-bond acceptors (Lipinski definition) is 6. The van der Waals surface area contributed by atoms with Gasteiger partial charge in [0.05, 0.1) is 31.7 Å². The standard InChI is InChI=1S/C11H15N3O3.C2HF3O2/c1-7(15)14-11-2-9(12)10(3-13-11)17-6-8-4-16-5-8;3-2(4,5)1(6)7/h2-3,8H,4-6H2,1H3,(H3,12,13,14,15);(H,6,7). The first-order valence-corrected chi connectivity index (χ1v) is 6.63. The van der Waals surface area contributed by atoms with Crippen LogP contribution in [-0.4, -0.2) is 48.0 Å². The van der Waals surface area contributed by atoms with Gasteiger partial charge in [-0.2, -0.15) is 13.2 Å². The molecule has 134 valence electrons. The quantitative estimate of drug-likeness (QED) is 0.746. The van der Waals surface area contributed by atoms with Crippen molar-refractivity contribution in [3.63, 3.8) is 0 Å². The maximum absolute atomic E-state index is 10.8. The summed E-state index contributed by atoms with van der Waals surface area (Å²) in [6, 6.07) is 1.58. The van der Waals surface area contributed by atoms with Crippen molar-refractivity contribution in [2.24, 2.45) is 5.92 Å².